The number of carboxylic acids is 2. The Hall–Kier alpha value is -3.23. The summed E-state index contributed by atoms with van der Waals surface area (Å²) in [6.07, 6.45) is 4.37. The zero-order chi connectivity index (χ0) is 26.0. The number of aromatic nitrogens is 2. The minimum Gasteiger partial charge on any atom is -0.480 e. The third kappa shape index (κ3) is 5.40. The van der Waals surface area contributed by atoms with Crippen molar-refractivity contribution in [2.24, 2.45) is 5.41 Å². The van der Waals surface area contributed by atoms with Crippen LogP contribution < -0.4 is 0 Å². The average Bonchev–Trinajstić information content (AvgIpc) is 3.40. The number of hydrogen-bond donors (Lipinski definition) is 2. The maximum Gasteiger partial charge on any atom is 0.321 e. The highest BCUT2D eigenvalue weighted by Crippen LogP contribution is 2.40. The van der Waals surface area contributed by atoms with Crippen LogP contribution in [0.5, 0.6) is 0 Å². The van der Waals surface area contributed by atoms with E-state index in [0.717, 1.165) is 41.8 Å². The summed E-state index contributed by atoms with van der Waals surface area (Å²) < 4.78 is 5.64. The van der Waals surface area contributed by atoms with Gasteiger partial charge in [0.25, 0.3) is 0 Å². The van der Waals surface area contributed by atoms with Gasteiger partial charge in [0.05, 0.1) is 0 Å². The molecule has 2 N–H and O–H groups in total. The molecule has 0 amide bonds. The second kappa shape index (κ2) is 10.6. The van der Waals surface area contributed by atoms with Crippen LogP contribution in [-0.2, 0) is 16.1 Å². The highest BCUT2D eigenvalue weighted by atomic mass is 35.5. The van der Waals surface area contributed by atoms with Gasteiger partial charge in [0.1, 0.15) is 0 Å². The number of halogens is 1. The van der Waals surface area contributed by atoms with E-state index in [0.29, 0.717) is 37.3 Å². The van der Waals surface area contributed by atoms with E-state index in [1.54, 1.807) is 0 Å². The van der Waals surface area contributed by atoms with Crippen LogP contribution in [0.2, 0.25) is 5.02 Å². The summed E-state index contributed by atoms with van der Waals surface area (Å²) in [5.41, 5.74) is 1.60. The second-order valence-corrected chi connectivity index (χ2v) is 10.7. The lowest BCUT2D eigenvalue weighted by molar-refractivity contribution is -0.168. The van der Waals surface area contributed by atoms with E-state index < -0.39 is 17.4 Å². The van der Waals surface area contributed by atoms with Crippen molar-refractivity contribution in [2.75, 3.05) is 13.1 Å². The molecule has 2 heterocycles. The first-order chi connectivity index (χ1) is 17.8. The van der Waals surface area contributed by atoms with Crippen LogP contribution in [0.1, 0.15) is 67.4 Å². The summed E-state index contributed by atoms with van der Waals surface area (Å²) in [6.45, 7) is 1.48. The molecule has 1 aliphatic carbocycles. The predicted octanol–water partition coefficient (Wildman–Crippen LogP) is 5.58. The van der Waals surface area contributed by atoms with E-state index in [2.05, 4.69) is 22.2 Å². The van der Waals surface area contributed by atoms with E-state index in [9.17, 15) is 19.8 Å². The Labute approximate surface area is 220 Å². The van der Waals surface area contributed by atoms with Crippen molar-refractivity contribution in [1.29, 1.82) is 0 Å². The minimum absolute atomic E-state index is 0.100. The maximum absolute atomic E-state index is 11.5. The average molecular weight is 524 g/mol. The van der Waals surface area contributed by atoms with E-state index in [-0.39, 0.29) is 18.8 Å². The Kier molecular flexibility index (Phi) is 7.31. The van der Waals surface area contributed by atoms with Gasteiger partial charge in [-0.25, -0.2) is 0 Å². The van der Waals surface area contributed by atoms with Crippen LogP contribution in [0, 0.1) is 5.41 Å². The Morgan fingerprint density at radius 2 is 1.51 bits per heavy atom. The molecule has 5 rings (SSSR count). The topological polar surface area (TPSA) is 117 Å². The van der Waals surface area contributed by atoms with Gasteiger partial charge in [-0.2, -0.15) is 4.98 Å². The molecular formula is C28H30ClN3O5. The van der Waals surface area contributed by atoms with Crippen LogP contribution in [0.15, 0.2) is 53.1 Å². The van der Waals surface area contributed by atoms with E-state index in [4.69, 9.17) is 21.1 Å². The normalized spacial score (nSPS) is 22.0. The van der Waals surface area contributed by atoms with Crippen molar-refractivity contribution in [3.8, 4) is 11.4 Å². The summed E-state index contributed by atoms with van der Waals surface area (Å²) in [4.78, 5) is 29.8. The quantitative estimate of drug-likeness (QED) is 0.385. The number of likely N-dealkylation sites (tertiary alicyclic amines) is 1. The lowest BCUT2D eigenvalue weighted by Gasteiger charge is -2.36. The maximum atomic E-state index is 11.5. The third-order valence-electron chi connectivity index (χ3n) is 8.01. The zero-order valence-corrected chi connectivity index (χ0v) is 21.2. The molecule has 2 fully saturated rings. The molecule has 1 aromatic heterocycles. The predicted molar refractivity (Wildman–Crippen MR) is 137 cm³/mol. The van der Waals surface area contributed by atoms with Crippen LogP contribution in [-0.4, -0.2) is 50.3 Å². The standard InChI is InChI=1S/C28H30ClN3O5/c29-23-11-9-20(10-12-23)19-5-7-22(8-6-19)25-30-24(31-37-25)21-3-1-18(2-4-21)17-32-15-13-28(14-16-32,26(33)34)27(35)36/h1-4,9-12,19,22H,5-8,13-17H2,(H,33,34)(H,35,36). The van der Waals surface area contributed by atoms with Crippen molar-refractivity contribution >= 4 is 23.5 Å². The van der Waals surface area contributed by atoms with Crippen LogP contribution >= 0.6 is 11.6 Å². The van der Waals surface area contributed by atoms with Crippen LogP contribution in [0.4, 0.5) is 0 Å². The zero-order valence-electron chi connectivity index (χ0n) is 20.5. The lowest BCUT2D eigenvalue weighted by atomic mass is 9.78. The number of aliphatic carboxylic acids is 2. The summed E-state index contributed by atoms with van der Waals surface area (Å²) in [5.74, 6) is -0.426. The summed E-state index contributed by atoms with van der Waals surface area (Å²) in [6, 6.07) is 16.1. The Morgan fingerprint density at radius 3 is 2.11 bits per heavy atom. The molecule has 0 atom stereocenters. The van der Waals surface area contributed by atoms with Gasteiger partial charge in [0, 0.05) is 36.1 Å². The third-order valence-corrected chi connectivity index (χ3v) is 8.26. The minimum atomic E-state index is -1.67. The number of nitrogens with zero attached hydrogens (tertiary/aromatic N) is 3. The molecule has 8 nitrogen and oxygen atoms in total. The number of benzene rings is 2. The van der Waals surface area contributed by atoms with Crippen LogP contribution in [0.25, 0.3) is 11.4 Å². The van der Waals surface area contributed by atoms with Gasteiger partial charge in [-0.1, -0.05) is 53.2 Å². The first-order valence-corrected chi connectivity index (χ1v) is 13.1. The number of carbonyl (C=O) groups is 2. The SMILES string of the molecule is O=C(O)C1(C(=O)O)CCN(Cc2ccc(-c3noc(C4CCC(c5ccc(Cl)cc5)CC4)n3)cc2)CC1. The first kappa shape index (κ1) is 25.4. The van der Waals surface area contributed by atoms with Gasteiger partial charge in [0.15, 0.2) is 5.41 Å². The van der Waals surface area contributed by atoms with Crippen molar-refractivity contribution in [3.05, 3.63) is 70.6 Å². The fraction of sp³-hybridized carbons (Fsp3) is 0.429. The second-order valence-electron chi connectivity index (χ2n) is 10.2. The molecule has 1 saturated heterocycles. The highest BCUT2D eigenvalue weighted by molar-refractivity contribution is 6.30. The van der Waals surface area contributed by atoms with Gasteiger partial charge in [-0.05, 0) is 67.7 Å². The molecule has 37 heavy (non-hydrogen) atoms. The van der Waals surface area contributed by atoms with E-state index in [1.165, 1.54) is 5.56 Å². The summed E-state index contributed by atoms with van der Waals surface area (Å²) in [7, 11) is 0. The Balaban J connectivity index is 1.15. The molecule has 2 aliphatic rings. The number of piperidine rings is 1. The molecule has 1 saturated carbocycles. The fourth-order valence-corrected chi connectivity index (χ4v) is 5.68. The van der Waals surface area contributed by atoms with Gasteiger partial charge in [0.2, 0.25) is 11.7 Å². The molecule has 0 spiro atoms. The van der Waals surface area contributed by atoms with Gasteiger partial charge < -0.3 is 14.7 Å². The van der Waals surface area contributed by atoms with Gasteiger partial charge in [-0.3, -0.25) is 14.5 Å². The first-order valence-electron chi connectivity index (χ1n) is 12.7. The van der Waals surface area contributed by atoms with Crippen molar-refractivity contribution in [1.82, 2.24) is 15.0 Å². The van der Waals surface area contributed by atoms with E-state index >= 15 is 0 Å². The monoisotopic (exact) mass is 523 g/mol. The number of carboxylic acid groups (broad SMARTS) is 2. The number of rotatable bonds is 7. The highest BCUT2D eigenvalue weighted by Gasteiger charge is 2.48. The molecule has 9 heteroatoms. The van der Waals surface area contributed by atoms with Crippen molar-refractivity contribution in [2.45, 2.75) is 56.9 Å². The van der Waals surface area contributed by atoms with Gasteiger partial charge in [-0.15, -0.1) is 0 Å². The molecule has 194 valence electrons. The molecule has 0 unspecified atom stereocenters. The molecule has 2 aromatic carbocycles. The summed E-state index contributed by atoms with van der Waals surface area (Å²) in [5, 5.41) is 23.8. The molecule has 1 aliphatic heterocycles. The lowest BCUT2D eigenvalue weighted by Crippen LogP contribution is -2.48. The fourth-order valence-electron chi connectivity index (χ4n) is 5.56. The largest absolute Gasteiger partial charge is 0.480 e. The molecule has 0 bridgehead atoms. The summed E-state index contributed by atoms with van der Waals surface area (Å²) >= 11 is 6.02. The van der Waals surface area contributed by atoms with Crippen molar-refractivity contribution < 1.29 is 24.3 Å². The molecule has 3 aromatic rings. The van der Waals surface area contributed by atoms with Crippen molar-refractivity contribution in [3.63, 3.8) is 0 Å². The molecular weight excluding hydrogens is 494 g/mol. The molecule has 0 radical (unpaired) electrons. The number of hydrogen-bond acceptors (Lipinski definition) is 6. The van der Waals surface area contributed by atoms with E-state index in [1.807, 2.05) is 36.4 Å². The Morgan fingerprint density at radius 1 is 0.919 bits per heavy atom. The van der Waals surface area contributed by atoms with Gasteiger partial charge >= 0.3 is 11.9 Å². The Bertz CT molecular complexity index is 1230. The smallest absolute Gasteiger partial charge is 0.321 e. The van der Waals surface area contributed by atoms with Crippen LogP contribution in [0.3, 0.4) is 0 Å².